The SMILES string of the molecule is CCCCCCc1c(C)c2ccc(O[C@H](C)C(=O)NCC(=O)O)c(C)c2oc1=O. The molecule has 158 valence electrons. The zero-order chi connectivity index (χ0) is 21.6. The molecule has 7 nitrogen and oxygen atoms in total. The third-order valence-corrected chi connectivity index (χ3v) is 5.02. The lowest BCUT2D eigenvalue weighted by Crippen LogP contribution is -2.39. The smallest absolute Gasteiger partial charge is 0.339 e. The van der Waals surface area contributed by atoms with E-state index < -0.39 is 24.5 Å². The molecule has 0 unspecified atom stereocenters. The quantitative estimate of drug-likeness (QED) is 0.465. The third-order valence-electron chi connectivity index (χ3n) is 5.02. The minimum absolute atomic E-state index is 0.334. The summed E-state index contributed by atoms with van der Waals surface area (Å²) >= 11 is 0. The standard InChI is InChI=1S/C22H29NO6/c1-5-6-7-8-9-17-13(2)16-10-11-18(14(3)20(16)29-22(17)27)28-15(4)21(26)23-12-19(24)25/h10-11,15H,5-9,12H2,1-4H3,(H,23,26)(H,24,25)/t15-/m1/s1. The van der Waals surface area contributed by atoms with Crippen LogP contribution in [0.1, 0.15) is 56.2 Å². The van der Waals surface area contributed by atoms with Crippen molar-refractivity contribution in [3.63, 3.8) is 0 Å². The van der Waals surface area contributed by atoms with E-state index in [1.807, 2.05) is 13.0 Å². The van der Waals surface area contributed by atoms with Crippen molar-refractivity contribution in [3.8, 4) is 5.75 Å². The predicted octanol–water partition coefficient (Wildman–Crippen LogP) is 3.50. The van der Waals surface area contributed by atoms with E-state index in [2.05, 4.69) is 12.2 Å². The summed E-state index contributed by atoms with van der Waals surface area (Å²) in [6.45, 7) is 6.90. The van der Waals surface area contributed by atoms with Gasteiger partial charge in [0.05, 0.1) is 0 Å². The first kappa shape index (κ1) is 22.5. The highest BCUT2D eigenvalue weighted by Gasteiger charge is 2.19. The monoisotopic (exact) mass is 403 g/mol. The van der Waals surface area contributed by atoms with E-state index >= 15 is 0 Å². The summed E-state index contributed by atoms with van der Waals surface area (Å²) in [7, 11) is 0. The molecule has 0 aliphatic rings. The van der Waals surface area contributed by atoms with Crippen LogP contribution in [0.3, 0.4) is 0 Å². The molecule has 2 rings (SSSR count). The first-order valence-corrected chi connectivity index (χ1v) is 9.98. The van der Waals surface area contributed by atoms with E-state index in [9.17, 15) is 14.4 Å². The van der Waals surface area contributed by atoms with E-state index in [1.165, 1.54) is 6.92 Å². The largest absolute Gasteiger partial charge is 0.480 e. The van der Waals surface area contributed by atoms with Gasteiger partial charge in [0.25, 0.3) is 5.91 Å². The van der Waals surface area contributed by atoms with Gasteiger partial charge in [0, 0.05) is 16.5 Å². The van der Waals surface area contributed by atoms with Gasteiger partial charge in [-0.1, -0.05) is 26.2 Å². The average molecular weight is 403 g/mol. The Morgan fingerprint density at radius 2 is 1.90 bits per heavy atom. The molecule has 0 saturated heterocycles. The number of carbonyl (C=O) groups is 2. The highest BCUT2D eigenvalue weighted by atomic mass is 16.5. The van der Waals surface area contributed by atoms with Crippen molar-refractivity contribution in [2.24, 2.45) is 0 Å². The van der Waals surface area contributed by atoms with Crippen LogP contribution in [0.2, 0.25) is 0 Å². The Kier molecular flexibility index (Phi) is 7.82. The van der Waals surface area contributed by atoms with E-state index in [4.69, 9.17) is 14.3 Å². The van der Waals surface area contributed by atoms with Crippen molar-refractivity contribution in [1.29, 1.82) is 0 Å². The van der Waals surface area contributed by atoms with Gasteiger partial charge in [0.15, 0.2) is 6.10 Å². The van der Waals surface area contributed by atoms with Gasteiger partial charge in [-0.3, -0.25) is 9.59 Å². The number of nitrogens with one attached hydrogen (secondary N) is 1. The fourth-order valence-electron chi connectivity index (χ4n) is 3.27. The lowest BCUT2D eigenvalue weighted by Gasteiger charge is -2.17. The number of hydrogen-bond acceptors (Lipinski definition) is 5. The number of benzene rings is 1. The van der Waals surface area contributed by atoms with Crippen molar-refractivity contribution in [2.45, 2.75) is 65.9 Å². The predicted molar refractivity (Wildman–Crippen MR) is 111 cm³/mol. The number of rotatable bonds is 10. The second kappa shape index (κ2) is 10.1. The van der Waals surface area contributed by atoms with Crippen LogP contribution in [0.5, 0.6) is 5.75 Å². The summed E-state index contributed by atoms with van der Waals surface area (Å²) in [5.74, 6) is -1.25. The van der Waals surface area contributed by atoms with Gasteiger partial charge in [-0.2, -0.15) is 0 Å². The maximum Gasteiger partial charge on any atom is 0.339 e. The lowest BCUT2D eigenvalue weighted by molar-refractivity contribution is -0.139. The maximum absolute atomic E-state index is 12.5. The van der Waals surface area contributed by atoms with Crippen LogP contribution in [0, 0.1) is 13.8 Å². The van der Waals surface area contributed by atoms with Crippen molar-refractivity contribution in [3.05, 3.63) is 39.2 Å². The van der Waals surface area contributed by atoms with Gasteiger partial charge >= 0.3 is 11.6 Å². The molecule has 2 N–H and O–H groups in total. The first-order chi connectivity index (χ1) is 13.8. The van der Waals surface area contributed by atoms with Crippen molar-refractivity contribution in [2.75, 3.05) is 6.54 Å². The summed E-state index contributed by atoms with van der Waals surface area (Å²) in [5, 5.41) is 11.8. The zero-order valence-electron chi connectivity index (χ0n) is 17.5. The summed E-state index contributed by atoms with van der Waals surface area (Å²) in [6.07, 6.45) is 4.13. The molecule has 0 saturated carbocycles. The van der Waals surface area contributed by atoms with Crippen LogP contribution in [0.25, 0.3) is 11.0 Å². The van der Waals surface area contributed by atoms with Gasteiger partial charge in [-0.15, -0.1) is 0 Å². The number of ether oxygens (including phenoxy) is 1. The van der Waals surface area contributed by atoms with Gasteiger partial charge < -0.3 is 19.6 Å². The Labute approximate surface area is 170 Å². The van der Waals surface area contributed by atoms with Crippen LogP contribution >= 0.6 is 0 Å². The third kappa shape index (κ3) is 5.59. The molecule has 0 aliphatic carbocycles. The number of carbonyl (C=O) groups excluding carboxylic acids is 1. The fraction of sp³-hybridized carbons (Fsp3) is 0.500. The minimum atomic E-state index is -1.13. The van der Waals surface area contributed by atoms with Gasteiger partial charge in [0.1, 0.15) is 17.9 Å². The van der Waals surface area contributed by atoms with Crippen LogP contribution < -0.4 is 15.7 Å². The highest BCUT2D eigenvalue weighted by molar-refractivity contribution is 5.87. The number of amides is 1. The van der Waals surface area contributed by atoms with Crippen LogP contribution in [0.15, 0.2) is 21.3 Å². The Bertz CT molecular complexity index is 946. The van der Waals surface area contributed by atoms with Gasteiger partial charge in [0.2, 0.25) is 0 Å². The molecular weight excluding hydrogens is 374 g/mol. The zero-order valence-corrected chi connectivity index (χ0v) is 17.5. The topological polar surface area (TPSA) is 106 Å². The molecule has 0 spiro atoms. The Morgan fingerprint density at radius 1 is 1.17 bits per heavy atom. The maximum atomic E-state index is 12.5. The van der Waals surface area contributed by atoms with Gasteiger partial charge in [-0.05, 0) is 51.3 Å². The minimum Gasteiger partial charge on any atom is -0.480 e. The van der Waals surface area contributed by atoms with Crippen molar-refractivity contribution >= 4 is 22.8 Å². The summed E-state index contributed by atoms with van der Waals surface area (Å²) < 4.78 is 11.3. The Morgan fingerprint density at radius 3 is 2.55 bits per heavy atom. The second-order valence-corrected chi connectivity index (χ2v) is 7.24. The molecule has 1 aromatic carbocycles. The molecule has 0 fully saturated rings. The van der Waals surface area contributed by atoms with Gasteiger partial charge in [-0.25, -0.2) is 4.79 Å². The van der Waals surface area contributed by atoms with Crippen LogP contribution in [-0.4, -0.2) is 29.6 Å². The summed E-state index contributed by atoms with van der Waals surface area (Å²) in [5.41, 5.74) is 2.36. The molecular formula is C22H29NO6. The number of fused-ring (bicyclic) bond motifs is 1. The molecule has 7 heteroatoms. The second-order valence-electron chi connectivity index (χ2n) is 7.24. The van der Waals surface area contributed by atoms with Crippen LogP contribution in [0.4, 0.5) is 0 Å². The summed E-state index contributed by atoms with van der Waals surface area (Å²) in [6, 6.07) is 3.57. The van der Waals surface area contributed by atoms with E-state index in [1.54, 1.807) is 13.0 Å². The van der Waals surface area contributed by atoms with Crippen molar-refractivity contribution in [1.82, 2.24) is 5.32 Å². The average Bonchev–Trinajstić information content (AvgIpc) is 2.67. The van der Waals surface area contributed by atoms with E-state index in [0.717, 1.165) is 36.6 Å². The molecule has 1 amide bonds. The number of carboxylic acids is 1. The first-order valence-electron chi connectivity index (χ1n) is 9.98. The molecule has 1 heterocycles. The Balaban J connectivity index is 2.26. The van der Waals surface area contributed by atoms with E-state index in [-0.39, 0.29) is 5.63 Å². The highest BCUT2D eigenvalue weighted by Crippen LogP contribution is 2.30. The van der Waals surface area contributed by atoms with E-state index in [0.29, 0.717) is 28.9 Å². The normalized spacial score (nSPS) is 12.0. The number of aryl methyl sites for hydroxylation is 2. The molecule has 0 aliphatic heterocycles. The number of aliphatic carboxylic acids is 1. The molecule has 0 bridgehead atoms. The number of hydrogen-bond donors (Lipinski definition) is 2. The molecule has 2 aromatic rings. The Hall–Kier alpha value is -2.83. The van der Waals surface area contributed by atoms with Crippen molar-refractivity contribution < 1.29 is 23.8 Å². The van der Waals surface area contributed by atoms with Crippen LogP contribution in [-0.2, 0) is 16.0 Å². The molecule has 29 heavy (non-hydrogen) atoms. The molecule has 1 atom stereocenters. The fourth-order valence-corrected chi connectivity index (χ4v) is 3.27. The molecule has 1 aromatic heterocycles. The number of unbranched alkanes of at least 4 members (excludes halogenated alkanes) is 3. The number of carboxylic acid groups (broad SMARTS) is 1. The summed E-state index contributed by atoms with van der Waals surface area (Å²) in [4.78, 5) is 35.1. The lowest BCUT2D eigenvalue weighted by atomic mass is 9.99. The molecule has 0 radical (unpaired) electrons.